The summed E-state index contributed by atoms with van der Waals surface area (Å²) < 4.78 is 4.46. The molecule has 0 radical (unpaired) electrons. The van der Waals surface area contributed by atoms with Crippen LogP contribution < -0.4 is 0 Å². The molecule has 0 aromatic heterocycles. The molecule has 0 heterocycles. The van der Waals surface area contributed by atoms with E-state index in [-0.39, 0.29) is 45.7 Å². The molecule has 0 fully saturated rings. The third-order valence-electron chi connectivity index (χ3n) is 1.29. The van der Waals surface area contributed by atoms with Crippen molar-refractivity contribution >= 4 is 5.97 Å². The molecule has 0 unspecified atom stereocenters. The Bertz CT molecular complexity index is 256. The quantitative estimate of drug-likeness (QED) is 0.740. The molecule has 12 heavy (non-hydrogen) atoms. The van der Waals surface area contributed by atoms with Gasteiger partial charge in [0.15, 0.2) is 0 Å². The molecular formula is C8H8O3Th. The van der Waals surface area contributed by atoms with E-state index in [2.05, 4.69) is 4.74 Å². The maximum absolute atomic E-state index is 10.8. The number of esters is 1. The van der Waals surface area contributed by atoms with Crippen LogP contribution in [0.25, 0.3) is 0 Å². The minimum atomic E-state index is -0.398. The van der Waals surface area contributed by atoms with Crippen LogP contribution in [-0.4, -0.2) is 18.2 Å². The van der Waals surface area contributed by atoms with Crippen LogP contribution in [0.3, 0.4) is 0 Å². The number of benzene rings is 1. The van der Waals surface area contributed by atoms with E-state index in [0.29, 0.717) is 5.56 Å². The van der Waals surface area contributed by atoms with Gasteiger partial charge in [-0.3, -0.25) is 0 Å². The van der Waals surface area contributed by atoms with Crippen LogP contribution in [0.5, 0.6) is 5.75 Å². The summed E-state index contributed by atoms with van der Waals surface area (Å²) >= 11 is 0. The normalized spacial score (nSPS) is 8.42. The Morgan fingerprint density at radius 2 is 1.83 bits per heavy atom. The van der Waals surface area contributed by atoms with Gasteiger partial charge in [0.05, 0.1) is 12.7 Å². The molecule has 1 N–H and O–H groups in total. The largest absolute Gasteiger partial charge is 0.508 e. The van der Waals surface area contributed by atoms with Gasteiger partial charge >= 0.3 is 5.97 Å². The molecule has 0 atom stereocenters. The predicted octanol–water partition coefficient (Wildman–Crippen LogP) is 1.18. The van der Waals surface area contributed by atoms with Crippen LogP contribution >= 0.6 is 0 Å². The number of phenolic OH excluding ortho intramolecular Hbond substituents is 1. The summed E-state index contributed by atoms with van der Waals surface area (Å²) in [4.78, 5) is 10.8. The van der Waals surface area contributed by atoms with Crippen LogP contribution in [-0.2, 0) is 4.74 Å². The zero-order chi connectivity index (χ0) is 8.27. The summed E-state index contributed by atoms with van der Waals surface area (Å²) in [6, 6.07) is 5.88. The Morgan fingerprint density at radius 3 is 2.25 bits per heavy atom. The third kappa shape index (κ3) is 3.05. The first-order valence-electron chi connectivity index (χ1n) is 3.11. The Morgan fingerprint density at radius 1 is 1.33 bits per heavy atom. The Balaban J connectivity index is 0.00000121. The monoisotopic (exact) mass is 384 g/mol. The van der Waals surface area contributed by atoms with Crippen LogP contribution in [0.2, 0.25) is 0 Å². The molecule has 62 valence electrons. The van der Waals surface area contributed by atoms with Gasteiger partial charge in [0.2, 0.25) is 0 Å². The molecule has 0 aliphatic rings. The number of carbonyl (C=O) groups excluding carboxylic acids is 1. The van der Waals surface area contributed by atoms with Gasteiger partial charge in [0, 0.05) is 39.9 Å². The maximum Gasteiger partial charge on any atom is 0.337 e. The average Bonchev–Trinajstić information content (AvgIpc) is 2.05. The smallest absolute Gasteiger partial charge is 0.337 e. The van der Waals surface area contributed by atoms with Gasteiger partial charge < -0.3 is 9.84 Å². The van der Waals surface area contributed by atoms with E-state index in [0.717, 1.165) is 0 Å². The van der Waals surface area contributed by atoms with Crippen molar-refractivity contribution in [1.29, 1.82) is 0 Å². The molecule has 0 aliphatic carbocycles. The van der Waals surface area contributed by atoms with Crippen molar-refractivity contribution in [1.82, 2.24) is 0 Å². The SMILES string of the molecule is COC(=O)c1ccc(O)cc1.[Th]. The number of rotatable bonds is 1. The van der Waals surface area contributed by atoms with E-state index in [4.69, 9.17) is 5.11 Å². The number of methoxy groups -OCH3 is 1. The van der Waals surface area contributed by atoms with Crippen molar-refractivity contribution in [2.75, 3.05) is 7.11 Å². The van der Waals surface area contributed by atoms with Gasteiger partial charge in [0.25, 0.3) is 0 Å². The van der Waals surface area contributed by atoms with Crippen LogP contribution in [0, 0.1) is 39.9 Å². The molecule has 0 spiro atoms. The summed E-state index contributed by atoms with van der Waals surface area (Å²) in [6.45, 7) is 0. The summed E-state index contributed by atoms with van der Waals surface area (Å²) in [6.07, 6.45) is 0. The fraction of sp³-hybridized carbons (Fsp3) is 0.125. The van der Waals surface area contributed by atoms with E-state index < -0.39 is 5.97 Å². The number of carbonyl (C=O) groups is 1. The van der Waals surface area contributed by atoms with E-state index in [9.17, 15) is 4.79 Å². The summed E-state index contributed by atoms with van der Waals surface area (Å²) in [7, 11) is 1.31. The zero-order valence-corrected chi connectivity index (χ0v) is 10.7. The van der Waals surface area contributed by atoms with Crippen LogP contribution in [0.15, 0.2) is 24.3 Å². The van der Waals surface area contributed by atoms with Gasteiger partial charge in [-0.15, -0.1) is 0 Å². The first-order chi connectivity index (χ1) is 5.24. The molecular weight excluding hydrogens is 376 g/mol. The minimum absolute atomic E-state index is 0. The molecule has 1 aromatic rings. The van der Waals surface area contributed by atoms with Gasteiger partial charge in [-0.25, -0.2) is 4.79 Å². The van der Waals surface area contributed by atoms with E-state index >= 15 is 0 Å². The van der Waals surface area contributed by atoms with Gasteiger partial charge in [0.1, 0.15) is 5.75 Å². The van der Waals surface area contributed by atoms with Crippen molar-refractivity contribution < 1.29 is 54.6 Å². The van der Waals surface area contributed by atoms with Crippen LogP contribution in [0.4, 0.5) is 0 Å². The maximum atomic E-state index is 10.8. The van der Waals surface area contributed by atoms with Crippen molar-refractivity contribution in [3.8, 4) is 5.75 Å². The molecule has 1 rings (SSSR count). The predicted molar refractivity (Wildman–Crippen MR) is 39.4 cm³/mol. The number of hydrogen-bond acceptors (Lipinski definition) is 3. The minimum Gasteiger partial charge on any atom is -0.508 e. The molecule has 0 aliphatic heterocycles. The molecule has 0 saturated carbocycles. The standard InChI is InChI=1S/C8H8O3.Th/c1-11-8(10)6-2-4-7(9)5-3-6;/h2-5,9H,1H3;. The molecule has 4 heteroatoms. The topological polar surface area (TPSA) is 46.5 Å². The summed E-state index contributed by atoms with van der Waals surface area (Å²) in [5, 5.41) is 8.86. The summed E-state index contributed by atoms with van der Waals surface area (Å²) in [5.41, 5.74) is 0.435. The second-order valence-electron chi connectivity index (χ2n) is 2.04. The molecule has 0 bridgehead atoms. The molecule has 0 amide bonds. The molecule has 0 saturated heterocycles. The van der Waals surface area contributed by atoms with Crippen molar-refractivity contribution in [3.63, 3.8) is 0 Å². The van der Waals surface area contributed by atoms with Gasteiger partial charge in [-0.2, -0.15) is 0 Å². The Kier molecular flexibility index (Phi) is 5.37. The van der Waals surface area contributed by atoms with E-state index in [1.165, 1.54) is 31.4 Å². The average molecular weight is 384 g/mol. The third-order valence-corrected chi connectivity index (χ3v) is 1.29. The van der Waals surface area contributed by atoms with Crippen LogP contribution in [0.1, 0.15) is 10.4 Å². The molecule has 1 aromatic carbocycles. The Labute approximate surface area is 102 Å². The zero-order valence-electron chi connectivity index (χ0n) is 6.57. The van der Waals surface area contributed by atoms with Crippen molar-refractivity contribution in [2.45, 2.75) is 0 Å². The van der Waals surface area contributed by atoms with E-state index in [1.807, 2.05) is 0 Å². The van der Waals surface area contributed by atoms with E-state index in [1.54, 1.807) is 0 Å². The molecule has 3 nitrogen and oxygen atoms in total. The second-order valence-corrected chi connectivity index (χ2v) is 2.04. The van der Waals surface area contributed by atoms with Crippen molar-refractivity contribution in [2.24, 2.45) is 0 Å². The number of aromatic hydroxyl groups is 1. The first-order valence-corrected chi connectivity index (χ1v) is 3.11. The number of phenols is 1. The van der Waals surface area contributed by atoms with Gasteiger partial charge in [-0.05, 0) is 24.3 Å². The summed E-state index contributed by atoms with van der Waals surface area (Å²) in [5.74, 6) is -0.261. The fourth-order valence-electron chi connectivity index (χ4n) is 0.715. The first kappa shape index (κ1) is 11.8. The van der Waals surface area contributed by atoms with Gasteiger partial charge in [-0.1, -0.05) is 0 Å². The fourth-order valence-corrected chi connectivity index (χ4v) is 0.715. The second kappa shape index (κ2) is 5.46. The van der Waals surface area contributed by atoms with Crippen molar-refractivity contribution in [3.05, 3.63) is 29.8 Å². The number of hydrogen-bond donors (Lipinski definition) is 1. The number of ether oxygens (including phenoxy) is 1. The Hall–Kier alpha value is -0.185.